The van der Waals surface area contributed by atoms with Crippen molar-refractivity contribution >= 4 is 5.97 Å². The maximum atomic E-state index is 10.6. The van der Waals surface area contributed by atoms with Crippen molar-refractivity contribution in [1.29, 1.82) is 0 Å². The second-order valence-corrected chi connectivity index (χ2v) is 4.76. The minimum absolute atomic E-state index is 0.140. The zero-order valence-corrected chi connectivity index (χ0v) is 11.2. The molecule has 1 N–H and O–H groups in total. The Hall–Kier alpha value is -1.53. The fourth-order valence-electron chi connectivity index (χ4n) is 2.23. The molecule has 1 aliphatic heterocycles. The molecule has 104 valence electrons. The van der Waals surface area contributed by atoms with Gasteiger partial charge < -0.3 is 5.11 Å². The maximum Gasteiger partial charge on any atom is 0.317 e. The number of aromatic nitrogens is 2. The van der Waals surface area contributed by atoms with Crippen molar-refractivity contribution < 1.29 is 9.90 Å². The monoisotopic (exact) mass is 264 g/mol. The zero-order valence-electron chi connectivity index (χ0n) is 11.2. The fourth-order valence-corrected chi connectivity index (χ4v) is 2.23. The van der Waals surface area contributed by atoms with E-state index in [1.165, 1.54) is 0 Å². The van der Waals surface area contributed by atoms with Gasteiger partial charge in [-0.1, -0.05) is 6.92 Å². The Morgan fingerprint density at radius 1 is 1.32 bits per heavy atom. The van der Waals surface area contributed by atoms with E-state index in [-0.39, 0.29) is 6.54 Å². The summed E-state index contributed by atoms with van der Waals surface area (Å²) in [4.78, 5) is 23.6. The standard InChI is InChI=1S/C13H20N4O2/c1-2-12-14-4-3-11(15-12)9-16-5-7-17(8-6-16)10-13(18)19/h3-4H,2,5-10H2,1H3,(H,18,19). The van der Waals surface area contributed by atoms with E-state index < -0.39 is 5.97 Å². The first-order valence-electron chi connectivity index (χ1n) is 6.64. The van der Waals surface area contributed by atoms with Crippen molar-refractivity contribution in [3.63, 3.8) is 0 Å². The lowest BCUT2D eigenvalue weighted by Crippen LogP contribution is -2.47. The highest BCUT2D eigenvalue weighted by Crippen LogP contribution is 2.07. The third-order valence-corrected chi connectivity index (χ3v) is 3.29. The van der Waals surface area contributed by atoms with Crippen LogP contribution in [0.3, 0.4) is 0 Å². The van der Waals surface area contributed by atoms with Gasteiger partial charge in [-0.2, -0.15) is 0 Å². The number of nitrogens with zero attached hydrogens (tertiary/aromatic N) is 4. The van der Waals surface area contributed by atoms with Crippen molar-refractivity contribution in [2.75, 3.05) is 32.7 Å². The van der Waals surface area contributed by atoms with Crippen molar-refractivity contribution in [2.45, 2.75) is 19.9 Å². The van der Waals surface area contributed by atoms with Crippen LogP contribution in [-0.4, -0.2) is 63.6 Å². The van der Waals surface area contributed by atoms with E-state index in [1.807, 2.05) is 24.1 Å². The second kappa shape index (κ2) is 6.58. The lowest BCUT2D eigenvalue weighted by atomic mass is 10.2. The molecule has 6 nitrogen and oxygen atoms in total. The Kier molecular flexibility index (Phi) is 4.81. The van der Waals surface area contributed by atoms with E-state index in [1.54, 1.807) is 0 Å². The Labute approximate surface area is 113 Å². The van der Waals surface area contributed by atoms with Crippen LogP contribution >= 0.6 is 0 Å². The molecule has 0 amide bonds. The van der Waals surface area contributed by atoms with Crippen LogP contribution in [0.5, 0.6) is 0 Å². The topological polar surface area (TPSA) is 69.6 Å². The summed E-state index contributed by atoms with van der Waals surface area (Å²) in [6.07, 6.45) is 2.65. The van der Waals surface area contributed by atoms with E-state index in [0.29, 0.717) is 0 Å². The van der Waals surface area contributed by atoms with Crippen LogP contribution in [0.1, 0.15) is 18.4 Å². The molecule has 0 bridgehead atoms. The van der Waals surface area contributed by atoms with Crippen molar-refractivity contribution in [3.8, 4) is 0 Å². The quantitative estimate of drug-likeness (QED) is 0.821. The van der Waals surface area contributed by atoms with Gasteiger partial charge in [-0.25, -0.2) is 9.97 Å². The van der Waals surface area contributed by atoms with Crippen LogP contribution in [0.2, 0.25) is 0 Å². The summed E-state index contributed by atoms with van der Waals surface area (Å²) >= 11 is 0. The molecule has 0 aliphatic carbocycles. The SMILES string of the molecule is CCc1nccc(CN2CCN(CC(=O)O)CC2)n1. The lowest BCUT2D eigenvalue weighted by molar-refractivity contribution is -0.138. The van der Waals surface area contributed by atoms with E-state index in [0.717, 1.165) is 50.7 Å². The first kappa shape index (κ1) is 13.9. The lowest BCUT2D eigenvalue weighted by Gasteiger charge is -2.33. The van der Waals surface area contributed by atoms with Gasteiger partial charge in [0.1, 0.15) is 5.82 Å². The van der Waals surface area contributed by atoms with Crippen LogP contribution in [0.25, 0.3) is 0 Å². The maximum absolute atomic E-state index is 10.6. The summed E-state index contributed by atoms with van der Waals surface area (Å²) in [5.74, 6) is 0.124. The summed E-state index contributed by atoms with van der Waals surface area (Å²) in [7, 11) is 0. The summed E-state index contributed by atoms with van der Waals surface area (Å²) in [5, 5.41) is 8.75. The van der Waals surface area contributed by atoms with Crippen LogP contribution in [0, 0.1) is 0 Å². The van der Waals surface area contributed by atoms with Gasteiger partial charge >= 0.3 is 5.97 Å². The number of aliphatic carboxylic acids is 1. The third kappa shape index (κ3) is 4.25. The Morgan fingerprint density at radius 2 is 2.00 bits per heavy atom. The fraction of sp³-hybridized carbons (Fsp3) is 0.615. The molecule has 6 heteroatoms. The molecule has 1 saturated heterocycles. The van der Waals surface area contributed by atoms with Gasteiger partial charge in [-0.3, -0.25) is 14.6 Å². The highest BCUT2D eigenvalue weighted by Gasteiger charge is 2.18. The van der Waals surface area contributed by atoms with E-state index in [2.05, 4.69) is 14.9 Å². The predicted molar refractivity (Wildman–Crippen MR) is 70.8 cm³/mol. The van der Waals surface area contributed by atoms with E-state index in [9.17, 15) is 4.79 Å². The largest absolute Gasteiger partial charge is 0.480 e. The molecule has 0 unspecified atom stereocenters. The highest BCUT2D eigenvalue weighted by atomic mass is 16.4. The molecule has 1 aromatic rings. The highest BCUT2D eigenvalue weighted by molar-refractivity contribution is 5.69. The Bertz CT molecular complexity index is 430. The van der Waals surface area contributed by atoms with Crippen molar-refractivity contribution in [2.24, 2.45) is 0 Å². The van der Waals surface area contributed by atoms with Gasteiger partial charge in [0.25, 0.3) is 0 Å². The second-order valence-electron chi connectivity index (χ2n) is 4.76. The van der Waals surface area contributed by atoms with Gasteiger partial charge in [-0.15, -0.1) is 0 Å². The minimum atomic E-state index is -0.753. The summed E-state index contributed by atoms with van der Waals surface area (Å²) in [6, 6.07) is 1.95. The molecular formula is C13H20N4O2. The molecule has 2 heterocycles. The summed E-state index contributed by atoms with van der Waals surface area (Å²) in [5.41, 5.74) is 1.04. The molecule has 0 atom stereocenters. The van der Waals surface area contributed by atoms with Crippen LogP contribution in [0.15, 0.2) is 12.3 Å². The smallest absolute Gasteiger partial charge is 0.317 e. The summed E-state index contributed by atoms with van der Waals surface area (Å²) < 4.78 is 0. The molecule has 0 aromatic carbocycles. The van der Waals surface area contributed by atoms with Crippen molar-refractivity contribution in [3.05, 3.63) is 23.8 Å². The zero-order chi connectivity index (χ0) is 13.7. The average Bonchev–Trinajstić information content (AvgIpc) is 2.41. The van der Waals surface area contributed by atoms with E-state index >= 15 is 0 Å². The number of rotatable bonds is 5. The number of carbonyl (C=O) groups is 1. The van der Waals surface area contributed by atoms with Gasteiger partial charge in [-0.05, 0) is 6.07 Å². The van der Waals surface area contributed by atoms with Crippen LogP contribution < -0.4 is 0 Å². The van der Waals surface area contributed by atoms with E-state index in [4.69, 9.17) is 5.11 Å². The predicted octanol–water partition coefficient (Wildman–Crippen LogP) is 0.241. The minimum Gasteiger partial charge on any atom is -0.480 e. The molecule has 1 aromatic heterocycles. The number of carboxylic acids is 1. The van der Waals surface area contributed by atoms with Gasteiger partial charge in [0.05, 0.1) is 12.2 Å². The molecule has 0 spiro atoms. The molecule has 1 fully saturated rings. The summed E-state index contributed by atoms with van der Waals surface area (Å²) in [6.45, 7) is 6.38. The number of carboxylic acid groups (broad SMARTS) is 1. The number of hydrogen-bond donors (Lipinski definition) is 1. The Morgan fingerprint density at radius 3 is 2.63 bits per heavy atom. The number of hydrogen-bond acceptors (Lipinski definition) is 5. The van der Waals surface area contributed by atoms with Crippen LogP contribution in [-0.2, 0) is 17.8 Å². The molecule has 19 heavy (non-hydrogen) atoms. The van der Waals surface area contributed by atoms with Gasteiger partial charge in [0.2, 0.25) is 0 Å². The number of aryl methyl sites for hydroxylation is 1. The molecular weight excluding hydrogens is 244 g/mol. The molecule has 0 radical (unpaired) electrons. The molecule has 1 aliphatic rings. The molecule has 0 saturated carbocycles. The first-order chi connectivity index (χ1) is 9.17. The number of piperazine rings is 1. The molecule has 2 rings (SSSR count). The van der Waals surface area contributed by atoms with Crippen molar-refractivity contribution in [1.82, 2.24) is 19.8 Å². The van der Waals surface area contributed by atoms with Gasteiger partial charge in [0, 0.05) is 45.3 Å². The van der Waals surface area contributed by atoms with Gasteiger partial charge in [0.15, 0.2) is 0 Å². The van der Waals surface area contributed by atoms with Crippen LogP contribution in [0.4, 0.5) is 0 Å². The average molecular weight is 264 g/mol. The normalized spacial score (nSPS) is 17.5. The Balaban J connectivity index is 1.83. The third-order valence-electron chi connectivity index (χ3n) is 3.29. The first-order valence-corrected chi connectivity index (χ1v) is 6.64.